The summed E-state index contributed by atoms with van der Waals surface area (Å²) in [6.07, 6.45) is 1.97. The SMILES string of the molecule is CNc1cc(NCC(O)C2CC2)nc(COC)n1. The normalized spacial score (nSPS) is 16.4. The van der Waals surface area contributed by atoms with Crippen LogP contribution in [0.4, 0.5) is 11.6 Å². The lowest BCUT2D eigenvalue weighted by molar-refractivity contribution is 0.164. The van der Waals surface area contributed by atoms with Crippen molar-refractivity contribution in [1.29, 1.82) is 0 Å². The van der Waals surface area contributed by atoms with Gasteiger partial charge in [0.1, 0.15) is 18.2 Å². The topological polar surface area (TPSA) is 79.3 Å². The predicted octanol–water partition coefficient (Wildman–Crippen LogP) is 0.847. The molecule has 0 amide bonds. The molecule has 1 atom stereocenters. The summed E-state index contributed by atoms with van der Waals surface area (Å²) in [5.41, 5.74) is 0. The summed E-state index contributed by atoms with van der Waals surface area (Å²) < 4.78 is 5.03. The lowest BCUT2D eigenvalue weighted by atomic mass is 10.2. The molecule has 3 N–H and O–H groups in total. The fraction of sp³-hybridized carbons (Fsp3) is 0.667. The first-order valence-corrected chi connectivity index (χ1v) is 6.19. The number of methoxy groups -OCH3 is 1. The van der Waals surface area contributed by atoms with Gasteiger partial charge in [0.25, 0.3) is 0 Å². The van der Waals surface area contributed by atoms with Crippen molar-refractivity contribution in [1.82, 2.24) is 9.97 Å². The summed E-state index contributed by atoms with van der Waals surface area (Å²) in [6, 6.07) is 1.82. The van der Waals surface area contributed by atoms with Crippen molar-refractivity contribution in [2.24, 2.45) is 5.92 Å². The minimum atomic E-state index is -0.288. The van der Waals surface area contributed by atoms with E-state index in [-0.39, 0.29) is 6.10 Å². The van der Waals surface area contributed by atoms with Crippen molar-refractivity contribution in [3.05, 3.63) is 11.9 Å². The summed E-state index contributed by atoms with van der Waals surface area (Å²) in [7, 11) is 3.42. The van der Waals surface area contributed by atoms with Crippen LogP contribution in [0.2, 0.25) is 0 Å². The molecule has 100 valence electrons. The molecule has 0 saturated heterocycles. The van der Waals surface area contributed by atoms with Gasteiger partial charge in [0, 0.05) is 26.8 Å². The number of anilines is 2. The van der Waals surface area contributed by atoms with E-state index >= 15 is 0 Å². The second-order valence-corrected chi connectivity index (χ2v) is 4.52. The van der Waals surface area contributed by atoms with E-state index in [2.05, 4.69) is 20.6 Å². The monoisotopic (exact) mass is 252 g/mol. The molecular formula is C12H20N4O2. The van der Waals surface area contributed by atoms with Crippen LogP contribution in [0.3, 0.4) is 0 Å². The quantitative estimate of drug-likeness (QED) is 0.667. The van der Waals surface area contributed by atoms with Crippen LogP contribution in [0.25, 0.3) is 0 Å². The third-order valence-electron chi connectivity index (χ3n) is 2.96. The minimum absolute atomic E-state index is 0.288. The Morgan fingerprint density at radius 3 is 2.78 bits per heavy atom. The van der Waals surface area contributed by atoms with Crippen LogP contribution >= 0.6 is 0 Å². The van der Waals surface area contributed by atoms with Crippen LogP contribution in [0.15, 0.2) is 6.07 Å². The smallest absolute Gasteiger partial charge is 0.158 e. The minimum Gasteiger partial charge on any atom is -0.391 e. The molecule has 18 heavy (non-hydrogen) atoms. The average Bonchev–Trinajstić information content (AvgIpc) is 3.20. The maximum Gasteiger partial charge on any atom is 0.158 e. The second kappa shape index (κ2) is 5.97. The zero-order valence-corrected chi connectivity index (χ0v) is 10.8. The Hall–Kier alpha value is -1.40. The number of hydrogen-bond acceptors (Lipinski definition) is 6. The van der Waals surface area contributed by atoms with E-state index in [1.54, 1.807) is 7.11 Å². The van der Waals surface area contributed by atoms with E-state index in [0.717, 1.165) is 18.7 Å². The van der Waals surface area contributed by atoms with Gasteiger partial charge in [-0.15, -0.1) is 0 Å². The van der Waals surface area contributed by atoms with Crippen molar-refractivity contribution in [3.63, 3.8) is 0 Å². The highest BCUT2D eigenvalue weighted by Crippen LogP contribution is 2.32. The number of aromatic nitrogens is 2. The molecule has 1 aromatic rings. The lowest BCUT2D eigenvalue weighted by Gasteiger charge is -2.12. The molecule has 0 bridgehead atoms. The highest BCUT2D eigenvalue weighted by molar-refractivity contribution is 5.47. The molecule has 0 radical (unpaired) electrons. The largest absolute Gasteiger partial charge is 0.391 e. The Bertz CT molecular complexity index is 396. The van der Waals surface area contributed by atoms with Gasteiger partial charge in [-0.05, 0) is 18.8 Å². The highest BCUT2D eigenvalue weighted by atomic mass is 16.5. The predicted molar refractivity (Wildman–Crippen MR) is 69.5 cm³/mol. The van der Waals surface area contributed by atoms with E-state index in [0.29, 0.717) is 30.7 Å². The first-order valence-electron chi connectivity index (χ1n) is 6.19. The second-order valence-electron chi connectivity index (χ2n) is 4.52. The van der Waals surface area contributed by atoms with Crippen LogP contribution in [0.1, 0.15) is 18.7 Å². The molecule has 6 heteroatoms. The van der Waals surface area contributed by atoms with E-state index in [9.17, 15) is 5.11 Å². The van der Waals surface area contributed by atoms with Crippen LogP contribution in [0.5, 0.6) is 0 Å². The Morgan fingerprint density at radius 1 is 1.44 bits per heavy atom. The number of rotatable bonds is 7. The number of hydrogen-bond donors (Lipinski definition) is 3. The molecule has 1 heterocycles. The van der Waals surface area contributed by atoms with Crippen LogP contribution in [-0.4, -0.2) is 41.9 Å². The first-order chi connectivity index (χ1) is 8.72. The van der Waals surface area contributed by atoms with Gasteiger partial charge in [0.2, 0.25) is 0 Å². The Morgan fingerprint density at radius 2 is 2.17 bits per heavy atom. The van der Waals surface area contributed by atoms with Crippen molar-refractivity contribution in [2.45, 2.75) is 25.6 Å². The van der Waals surface area contributed by atoms with Crippen molar-refractivity contribution in [3.8, 4) is 0 Å². The third-order valence-corrected chi connectivity index (χ3v) is 2.96. The van der Waals surface area contributed by atoms with Gasteiger partial charge in [-0.1, -0.05) is 0 Å². The van der Waals surface area contributed by atoms with Gasteiger partial charge in [0.15, 0.2) is 5.82 Å². The molecule has 1 unspecified atom stereocenters. The molecule has 1 aromatic heterocycles. The molecule has 0 aromatic carbocycles. The van der Waals surface area contributed by atoms with Gasteiger partial charge >= 0.3 is 0 Å². The number of ether oxygens (including phenoxy) is 1. The number of nitrogens with one attached hydrogen (secondary N) is 2. The number of nitrogens with zero attached hydrogens (tertiary/aromatic N) is 2. The lowest BCUT2D eigenvalue weighted by Crippen LogP contribution is -2.22. The summed E-state index contributed by atoms with van der Waals surface area (Å²) >= 11 is 0. The van der Waals surface area contributed by atoms with Crippen LogP contribution in [0, 0.1) is 5.92 Å². The average molecular weight is 252 g/mol. The zero-order valence-electron chi connectivity index (χ0n) is 10.8. The zero-order chi connectivity index (χ0) is 13.0. The van der Waals surface area contributed by atoms with Crippen molar-refractivity contribution < 1.29 is 9.84 Å². The molecular weight excluding hydrogens is 232 g/mol. The molecule has 1 saturated carbocycles. The van der Waals surface area contributed by atoms with Gasteiger partial charge in [-0.3, -0.25) is 0 Å². The summed E-state index contributed by atoms with van der Waals surface area (Å²) in [5, 5.41) is 15.9. The van der Waals surface area contributed by atoms with Gasteiger partial charge in [-0.2, -0.15) is 0 Å². The van der Waals surface area contributed by atoms with E-state index in [1.807, 2.05) is 13.1 Å². The molecule has 6 nitrogen and oxygen atoms in total. The van der Waals surface area contributed by atoms with Crippen LogP contribution in [-0.2, 0) is 11.3 Å². The molecule has 0 spiro atoms. The number of aliphatic hydroxyl groups excluding tert-OH is 1. The fourth-order valence-electron chi connectivity index (χ4n) is 1.77. The molecule has 1 fully saturated rings. The van der Waals surface area contributed by atoms with Crippen molar-refractivity contribution >= 4 is 11.6 Å². The van der Waals surface area contributed by atoms with E-state index in [1.165, 1.54) is 0 Å². The first kappa shape index (κ1) is 13.0. The Balaban J connectivity index is 1.98. The fourth-order valence-corrected chi connectivity index (χ4v) is 1.77. The summed E-state index contributed by atoms with van der Waals surface area (Å²) in [6.45, 7) is 0.895. The Kier molecular flexibility index (Phi) is 4.33. The third kappa shape index (κ3) is 3.54. The number of aliphatic hydroxyl groups is 1. The maximum absolute atomic E-state index is 9.80. The summed E-state index contributed by atoms with van der Waals surface area (Å²) in [4.78, 5) is 8.59. The van der Waals surface area contributed by atoms with Crippen molar-refractivity contribution in [2.75, 3.05) is 31.3 Å². The summed E-state index contributed by atoms with van der Waals surface area (Å²) in [5.74, 6) is 2.52. The Labute approximate surface area is 107 Å². The molecule has 0 aliphatic heterocycles. The van der Waals surface area contributed by atoms with Crippen LogP contribution < -0.4 is 10.6 Å². The van der Waals surface area contributed by atoms with Gasteiger partial charge in [-0.25, -0.2) is 9.97 Å². The molecule has 2 rings (SSSR count). The molecule has 1 aliphatic carbocycles. The standard InChI is InChI=1S/C12H20N4O2/c1-13-10-5-11(16-12(15-10)7-18-2)14-6-9(17)8-3-4-8/h5,8-9,17H,3-4,6-7H2,1-2H3,(H2,13,14,15,16). The highest BCUT2D eigenvalue weighted by Gasteiger charge is 2.29. The maximum atomic E-state index is 9.80. The molecule has 1 aliphatic rings. The van der Waals surface area contributed by atoms with E-state index < -0.39 is 0 Å². The van der Waals surface area contributed by atoms with E-state index in [4.69, 9.17) is 4.74 Å². The van der Waals surface area contributed by atoms with Gasteiger partial charge < -0.3 is 20.5 Å². The van der Waals surface area contributed by atoms with Gasteiger partial charge in [0.05, 0.1) is 6.10 Å².